The first-order valence-corrected chi connectivity index (χ1v) is 14.2. The van der Waals surface area contributed by atoms with Gasteiger partial charge in [0.05, 0.1) is 0 Å². The van der Waals surface area contributed by atoms with Crippen LogP contribution < -0.4 is 0 Å². The van der Waals surface area contributed by atoms with E-state index >= 15 is 0 Å². The summed E-state index contributed by atoms with van der Waals surface area (Å²) in [7, 11) is -0.0531. The fourth-order valence-corrected chi connectivity index (χ4v) is 11.8. The van der Waals surface area contributed by atoms with E-state index < -0.39 is 0 Å². The Bertz CT molecular complexity index is 309. The molecule has 0 aromatic carbocycles. The zero-order valence-corrected chi connectivity index (χ0v) is 22.4. The fourth-order valence-electron chi connectivity index (χ4n) is 5.75. The molecule has 0 unspecified atom stereocenters. The fraction of sp³-hybridized carbons (Fsp3) is 1.00. The van der Waals surface area contributed by atoms with Crippen molar-refractivity contribution in [2.75, 3.05) is 0 Å². The minimum Gasteiger partial charge on any atom is -0.0893 e. The molecule has 0 bridgehead atoms. The highest BCUT2D eigenvalue weighted by Crippen LogP contribution is 2.71. The van der Waals surface area contributed by atoms with E-state index in [4.69, 9.17) is 0 Å². The number of rotatable bonds is 18. The van der Waals surface area contributed by atoms with Gasteiger partial charge in [0.15, 0.2) is 0 Å². The lowest BCUT2D eigenvalue weighted by Gasteiger charge is -2.54. The van der Waals surface area contributed by atoms with Crippen molar-refractivity contribution in [3.8, 4) is 0 Å². The average Bonchev–Trinajstić information content (AvgIpc) is 2.58. The molecule has 0 atom stereocenters. The Labute approximate surface area is 182 Å². The smallest absolute Gasteiger partial charge is 0.0141 e. The van der Waals surface area contributed by atoms with Crippen molar-refractivity contribution in [3.63, 3.8) is 0 Å². The summed E-state index contributed by atoms with van der Waals surface area (Å²) in [5, 5.41) is 1.47. The van der Waals surface area contributed by atoms with E-state index in [1.807, 2.05) is 0 Å². The molecule has 0 saturated carbocycles. The highest BCUT2D eigenvalue weighted by Gasteiger charge is 2.47. The maximum Gasteiger partial charge on any atom is -0.0141 e. The van der Waals surface area contributed by atoms with E-state index in [9.17, 15) is 0 Å². The van der Waals surface area contributed by atoms with Gasteiger partial charge in [0.2, 0.25) is 0 Å². The van der Waals surface area contributed by atoms with Crippen LogP contribution in [-0.2, 0) is 0 Å². The molecule has 0 fully saturated rings. The van der Waals surface area contributed by atoms with Crippen LogP contribution in [0.15, 0.2) is 0 Å². The summed E-state index contributed by atoms with van der Waals surface area (Å²) in [6, 6.07) is 0. The molecule has 0 amide bonds. The van der Waals surface area contributed by atoms with Gasteiger partial charge in [-0.05, 0) is 34.7 Å². The lowest BCUT2D eigenvalue weighted by molar-refractivity contribution is 0.475. The van der Waals surface area contributed by atoms with Crippen LogP contribution in [0.25, 0.3) is 0 Å². The second-order valence-electron chi connectivity index (χ2n) is 11.2. The maximum absolute atomic E-state index is 2.63. The van der Waals surface area contributed by atoms with Gasteiger partial charge in [-0.2, -0.15) is 0 Å². The van der Waals surface area contributed by atoms with Gasteiger partial charge in [0.25, 0.3) is 0 Å². The molecule has 28 heavy (non-hydrogen) atoms. The van der Waals surface area contributed by atoms with Crippen molar-refractivity contribution < 1.29 is 0 Å². The summed E-state index contributed by atoms with van der Waals surface area (Å²) < 4.78 is 0. The van der Waals surface area contributed by atoms with Gasteiger partial charge in [-0.25, -0.2) is 0 Å². The Morgan fingerprint density at radius 3 is 0.857 bits per heavy atom. The zero-order valence-electron chi connectivity index (χ0n) is 21.6. The Morgan fingerprint density at radius 2 is 0.643 bits per heavy atom. The lowest BCUT2D eigenvalue weighted by atomic mass is 10.0. The molecule has 0 radical (unpaired) electrons. The molecule has 1 heteroatoms. The standard InChI is InChI=1S/C27H57P/c1-10-13-16-19-22-25(4,5)28(26(6,7)23-20-17-14-11-2)27(8,9)24-21-18-15-12-3/h10-24H2,1-9H3. The summed E-state index contributed by atoms with van der Waals surface area (Å²) in [5.74, 6) is 0. The third kappa shape index (κ3) is 11.0. The van der Waals surface area contributed by atoms with Crippen molar-refractivity contribution in [1.29, 1.82) is 0 Å². The average molecular weight is 413 g/mol. The minimum atomic E-state index is -0.0531. The Hall–Kier alpha value is 0.430. The summed E-state index contributed by atoms with van der Waals surface area (Å²) >= 11 is 0. The van der Waals surface area contributed by atoms with Crippen LogP contribution in [0, 0.1) is 0 Å². The lowest BCUT2D eigenvalue weighted by Crippen LogP contribution is -2.40. The predicted octanol–water partition coefficient (Wildman–Crippen LogP) is 10.7. The van der Waals surface area contributed by atoms with Crippen molar-refractivity contribution in [3.05, 3.63) is 0 Å². The Kier molecular flexibility index (Phi) is 14.7. The number of hydrogen-bond acceptors (Lipinski definition) is 0. The molecule has 0 heterocycles. The monoisotopic (exact) mass is 412 g/mol. The molecular formula is C27H57P. The molecule has 0 aliphatic rings. The molecule has 0 aromatic rings. The second-order valence-corrected chi connectivity index (χ2v) is 15.5. The van der Waals surface area contributed by atoms with Crippen LogP contribution >= 0.6 is 7.92 Å². The second kappa shape index (κ2) is 14.4. The molecule has 0 N–H and O–H groups in total. The van der Waals surface area contributed by atoms with Gasteiger partial charge in [-0.3, -0.25) is 0 Å². The third-order valence-electron chi connectivity index (χ3n) is 6.74. The Balaban J connectivity index is 5.31. The normalized spacial score (nSPS) is 13.5. The Morgan fingerprint density at radius 1 is 0.393 bits per heavy atom. The van der Waals surface area contributed by atoms with Gasteiger partial charge >= 0.3 is 0 Å². The van der Waals surface area contributed by atoms with Crippen LogP contribution in [0.5, 0.6) is 0 Å². The number of unbranched alkanes of at least 4 members (excludes halogenated alkanes) is 9. The van der Waals surface area contributed by atoms with E-state index in [0.717, 1.165) is 0 Å². The molecule has 0 rings (SSSR count). The molecular weight excluding hydrogens is 355 g/mol. The summed E-state index contributed by atoms with van der Waals surface area (Å²) in [6.45, 7) is 22.8. The molecule has 0 aromatic heterocycles. The van der Waals surface area contributed by atoms with Gasteiger partial charge in [-0.1, -0.05) is 147 Å². The predicted molar refractivity (Wildman–Crippen MR) is 135 cm³/mol. The van der Waals surface area contributed by atoms with E-state index in [1.165, 1.54) is 96.3 Å². The quantitative estimate of drug-likeness (QED) is 0.155. The van der Waals surface area contributed by atoms with Crippen LogP contribution in [0.1, 0.15) is 159 Å². The van der Waals surface area contributed by atoms with E-state index in [1.54, 1.807) is 0 Å². The van der Waals surface area contributed by atoms with Gasteiger partial charge < -0.3 is 0 Å². The molecule has 170 valence electrons. The van der Waals surface area contributed by atoms with Gasteiger partial charge in [0.1, 0.15) is 0 Å². The molecule has 0 aliphatic heterocycles. The van der Waals surface area contributed by atoms with Crippen LogP contribution in [0.3, 0.4) is 0 Å². The van der Waals surface area contributed by atoms with Gasteiger partial charge in [-0.15, -0.1) is 0 Å². The third-order valence-corrected chi connectivity index (χ3v) is 11.0. The van der Waals surface area contributed by atoms with E-state index in [2.05, 4.69) is 62.3 Å². The van der Waals surface area contributed by atoms with Crippen LogP contribution in [0.4, 0.5) is 0 Å². The first-order chi connectivity index (χ1) is 13.0. The largest absolute Gasteiger partial charge is 0.0893 e. The molecule has 0 nitrogen and oxygen atoms in total. The summed E-state index contributed by atoms with van der Waals surface area (Å²) in [6.07, 6.45) is 21.1. The summed E-state index contributed by atoms with van der Waals surface area (Å²) in [5.41, 5.74) is 0. The number of hydrogen-bond donors (Lipinski definition) is 0. The van der Waals surface area contributed by atoms with Crippen molar-refractivity contribution in [1.82, 2.24) is 0 Å². The van der Waals surface area contributed by atoms with E-state index in [0.29, 0.717) is 15.5 Å². The van der Waals surface area contributed by atoms with Crippen LogP contribution in [-0.4, -0.2) is 15.5 Å². The van der Waals surface area contributed by atoms with Gasteiger partial charge in [0, 0.05) is 0 Å². The topological polar surface area (TPSA) is 0 Å². The van der Waals surface area contributed by atoms with Crippen LogP contribution in [0.2, 0.25) is 0 Å². The zero-order chi connectivity index (χ0) is 21.7. The van der Waals surface area contributed by atoms with Crippen molar-refractivity contribution >= 4 is 7.92 Å². The first kappa shape index (κ1) is 28.4. The van der Waals surface area contributed by atoms with Crippen molar-refractivity contribution in [2.24, 2.45) is 0 Å². The molecule has 0 saturated heterocycles. The molecule has 0 spiro atoms. The summed E-state index contributed by atoms with van der Waals surface area (Å²) in [4.78, 5) is 0. The minimum absolute atomic E-state index is 0.0531. The first-order valence-electron chi connectivity index (χ1n) is 12.9. The van der Waals surface area contributed by atoms with Crippen molar-refractivity contribution in [2.45, 2.75) is 174 Å². The highest BCUT2D eigenvalue weighted by atomic mass is 31.1. The maximum atomic E-state index is 2.63. The molecule has 0 aliphatic carbocycles. The van der Waals surface area contributed by atoms with E-state index in [-0.39, 0.29) is 7.92 Å². The SMILES string of the molecule is CCCCCCC(C)(C)P(C(C)(C)CCCCCC)C(C)(C)CCCCCC. The highest BCUT2D eigenvalue weighted by molar-refractivity contribution is 7.62.